The summed E-state index contributed by atoms with van der Waals surface area (Å²) < 4.78 is 17.2. The summed E-state index contributed by atoms with van der Waals surface area (Å²) in [7, 11) is 0. The van der Waals surface area contributed by atoms with E-state index in [0.717, 1.165) is 34.9 Å². The Balaban J connectivity index is 1.77. The van der Waals surface area contributed by atoms with Crippen molar-refractivity contribution in [3.8, 4) is 5.82 Å². The molecule has 0 aliphatic rings. The molecule has 0 saturated carbocycles. The van der Waals surface area contributed by atoms with Gasteiger partial charge in [-0.2, -0.15) is 9.49 Å². The number of halogens is 1. The number of nitrogens with zero attached hydrogens (tertiary/aromatic N) is 6. The van der Waals surface area contributed by atoms with Gasteiger partial charge in [0, 0.05) is 24.9 Å². The van der Waals surface area contributed by atoms with Gasteiger partial charge in [0.1, 0.15) is 11.3 Å². The largest absolute Gasteiger partial charge is 0.313 e. The Kier molecular flexibility index (Phi) is 3.76. The van der Waals surface area contributed by atoms with Crippen LogP contribution in [-0.2, 0) is 13.0 Å². The highest BCUT2D eigenvalue weighted by Gasteiger charge is 2.15. The Morgan fingerprint density at radius 1 is 1.04 bits per heavy atom. The lowest BCUT2D eigenvalue weighted by molar-refractivity contribution is 0.576. The molecule has 0 aromatic carbocycles. The zero-order valence-electron chi connectivity index (χ0n) is 14.0. The van der Waals surface area contributed by atoms with Crippen molar-refractivity contribution in [1.82, 2.24) is 29.3 Å². The number of aryl methyl sites for hydroxylation is 2. The van der Waals surface area contributed by atoms with E-state index in [4.69, 9.17) is 4.98 Å². The van der Waals surface area contributed by atoms with Crippen LogP contribution in [0.3, 0.4) is 0 Å². The monoisotopic (exact) mass is 336 g/mol. The van der Waals surface area contributed by atoms with E-state index in [-0.39, 0.29) is 0 Å². The van der Waals surface area contributed by atoms with E-state index >= 15 is 0 Å². The van der Waals surface area contributed by atoms with Crippen LogP contribution in [0.15, 0.2) is 42.6 Å². The van der Waals surface area contributed by atoms with E-state index in [2.05, 4.69) is 26.6 Å². The Bertz CT molecular complexity index is 1050. The highest BCUT2D eigenvalue weighted by molar-refractivity contribution is 5.71. The lowest BCUT2D eigenvalue weighted by atomic mass is 10.3. The molecule has 0 spiro atoms. The number of pyridine rings is 2. The van der Waals surface area contributed by atoms with Gasteiger partial charge in [-0.25, -0.2) is 19.6 Å². The van der Waals surface area contributed by atoms with Gasteiger partial charge in [0.05, 0.1) is 5.69 Å². The maximum atomic E-state index is 13.4. The average Bonchev–Trinajstić information content (AvgIpc) is 3.19. The molecule has 4 rings (SSSR count). The van der Waals surface area contributed by atoms with Gasteiger partial charge >= 0.3 is 0 Å². The fraction of sp³-hybridized carbons (Fsp3) is 0.222. The molecule has 0 N–H and O–H groups in total. The maximum absolute atomic E-state index is 13.4. The molecule has 0 saturated heterocycles. The topological polar surface area (TPSA) is 61.4 Å². The third kappa shape index (κ3) is 2.77. The Hall–Kier alpha value is -3.09. The quantitative estimate of drug-likeness (QED) is 0.537. The number of hydrogen-bond acceptors (Lipinski definition) is 4. The summed E-state index contributed by atoms with van der Waals surface area (Å²) in [5.74, 6) is 0.821. The molecule has 0 aliphatic carbocycles. The van der Waals surface area contributed by atoms with Crippen LogP contribution in [0.4, 0.5) is 4.39 Å². The van der Waals surface area contributed by atoms with Gasteiger partial charge < -0.3 is 4.57 Å². The van der Waals surface area contributed by atoms with Crippen molar-refractivity contribution in [3.63, 3.8) is 0 Å². The summed E-state index contributed by atoms with van der Waals surface area (Å²) in [5.41, 5.74) is 3.60. The molecule has 7 heteroatoms. The minimum Gasteiger partial charge on any atom is -0.313 e. The van der Waals surface area contributed by atoms with Crippen LogP contribution in [0.25, 0.3) is 17.0 Å². The first-order valence-electron chi connectivity index (χ1n) is 8.14. The minimum absolute atomic E-state index is 0.452. The predicted molar refractivity (Wildman–Crippen MR) is 92.1 cm³/mol. The second-order valence-electron chi connectivity index (χ2n) is 5.80. The molecule has 0 fully saturated rings. The van der Waals surface area contributed by atoms with Crippen LogP contribution >= 0.6 is 0 Å². The highest BCUT2D eigenvalue weighted by Crippen LogP contribution is 2.19. The third-order valence-electron chi connectivity index (χ3n) is 4.10. The van der Waals surface area contributed by atoms with E-state index in [0.29, 0.717) is 12.2 Å². The van der Waals surface area contributed by atoms with Crippen LogP contribution in [0.2, 0.25) is 0 Å². The van der Waals surface area contributed by atoms with Crippen molar-refractivity contribution in [2.45, 2.75) is 26.8 Å². The predicted octanol–water partition coefficient (Wildman–Crippen LogP) is 3.07. The lowest BCUT2D eigenvalue weighted by Gasteiger charge is -2.08. The first-order valence-corrected chi connectivity index (χ1v) is 8.14. The smallest absolute Gasteiger partial charge is 0.214 e. The Morgan fingerprint density at radius 2 is 1.92 bits per heavy atom. The van der Waals surface area contributed by atoms with Crippen LogP contribution in [-0.4, -0.2) is 29.3 Å². The first kappa shape index (κ1) is 15.4. The summed E-state index contributed by atoms with van der Waals surface area (Å²) in [6.07, 6.45) is 2.24. The number of rotatable bonds is 4. The van der Waals surface area contributed by atoms with Gasteiger partial charge in [-0.15, -0.1) is 0 Å². The second kappa shape index (κ2) is 6.08. The van der Waals surface area contributed by atoms with Crippen LogP contribution in [0, 0.1) is 12.9 Å². The van der Waals surface area contributed by atoms with Gasteiger partial charge in [-0.3, -0.25) is 0 Å². The van der Waals surface area contributed by atoms with E-state index in [1.165, 1.54) is 6.07 Å². The Morgan fingerprint density at radius 3 is 2.72 bits per heavy atom. The van der Waals surface area contributed by atoms with Crippen molar-refractivity contribution in [1.29, 1.82) is 0 Å². The fourth-order valence-corrected chi connectivity index (χ4v) is 2.96. The molecular weight excluding hydrogens is 319 g/mol. The molecule has 25 heavy (non-hydrogen) atoms. The van der Waals surface area contributed by atoms with E-state index in [1.807, 2.05) is 25.1 Å². The van der Waals surface area contributed by atoms with Crippen molar-refractivity contribution < 1.29 is 4.39 Å². The van der Waals surface area contributed by atoms with Crippen molar-refractivity contribution in [3.05, 3.63) is 65.8 Å². The zero-order chi connectivity index (χ0) is 17.4. The third-order valence-corrected chi connectivity index (χ3v) is 4.10. The fourth-order valence-electron chi connectivity index (χ4n) is 2.96. The number of hydrogen-bond donors (Lipinski definition) is 0. The second-order valence-corrected chi connectivity index (χ2v) is 5.80. The molecular formula is C18H17FN6. The molecule has 6 nitrogen and oxygen atoms in total. The van der Waals surface area contributed by atoms with Crippen molar-refractivity contribution in [2.24, 2.45) is 0 Å². The van der Waals surface area contributed by atoms with Gasteiger partial charge in [0.15, 0.2) is 11.5 Å². The summed E-state index contributed by atoms with van der Waals surface area (Å²) in [5, 5.41) is 4.28. The van der Waals surface area contributed by atoms with Gasteiger partial charge in [-0.05, 0) is 44.2 Å². The first-order chi connectivity index (χ1) is 12.2. The van der Waals surface area contributed by atoms with Crippen LogP contribution in [0.5, 0.6) is 0 Å². The summed E-state index contributed by atoms with van der Waals surface area (Å²) in [6.45, 7) is 4.81. The van der Waals surface area contributed by atoms with Crippen molar-refractivity contribution >= 4 is 11.2 Å². The zero-order valence-corrected chi connectivity index (χ0v) is 14.0. The van der Waals surface area contributed by atoms with Crippen LogP contribution < -0.4 is 0 Å². The average molecular weight is 336 g/mol. The summed E-state index contributed by atoms with van der Waals surface area (Å²) >= 11 is 0. The number of fused-ring (bicyclic) bond motifs is 1. The maximum Gasteiger partial charge on any atom is 0.214 e. The number of imidazole rings is 1. The normalized spacial score (nSPS) is 11.3. The summed E-state index contributed by atoms with van der Waals surface area (Å²) in [6, 6.07) is 10.5. The van der Waals surface area contributed by atoms with Gasteiger partial charge in [-0.1, -0.05) is 6.07 Å². The SMILES string of the molecule is CCn1c(Cc2ccnn2-c2cccc(F)n2)nc2ccc(C)nc21. The molecule has 0 aliphatic heterocycles. The molecule has 0 amide bonds. The molecule has 0 radical (unpaired) electrons. The molecule has 0 bridgehead atoms. The highest BCUT2D eigenvalue weighted by atomic mass is 19.1. The van der Waals surface area contributed by atoms with Crippen molar-refractivity contribution in [2.75, 3.05) is 0 Å². The Labute approximate surface area is 144 Å². The molecule has 0 unspecified atom stereocenters. The number of aromatic nitrogens is 6. The molecule has 4 aromatic rings. The van der Waals surface area contributed by atoms with E-state index in [1.54, 1.807) is 23.0 Å². The van der Waals surface area contributed by atoms with Crippen LogP contribution in [0.1, 0.15) is 24.1 Å². The van der Waals surface area contributed by atoms with Gasteiger partial charge in [0.25, 0.3) is 0 Å². The summed E-state index contributed by atoms with van der Waals surface area (Å²) in [4.78, 5) is 13.2. The van der Waals surface area contributed by atoms with E-state index < -0.39 is 5.95 Å². The lowest BCUT2D eigenvalue weighted by Crippen LogP contribution is -2.09. The molecule has 4 heterocycles. The minimum atomic E-state index is -0.528. The standard InChI is InChI=1S/C18H17FN6/c1-3-24-17(22-14-8-7-12(2)21-18(14)24)11-13-9-10-20-25(13)16-6-4-5-15(19)23-16/h4-10H,3,11H2,1-2H3. The molecule has 0 atom stereocenters. The molecule has 4 aromatic heterocycles. The van der Waals surface area contributed by atoms with Gasteiger partial charge in [0.2, 0.25) is 5.95 Å². The molecule has 126 valence electrons. The van der Waals surface area contributed by atoms with E-state index in [9.17, 15) is 4.39 Å².